The molecule has 4 heteroatoms. The molecule has 0 atom stereocenters. The zero-order chi connectivity index (χ0) is 15.5. The van der Waals surface area contributed by atoms with Gasteiger partial charge in [0, 0.05) is 11.1 Å². The summed E-state index contributed by atoms with van der Waals surface area (Å²) in [4.78, 5) is 4.69. The third-order valence-corrected chi connectivity index (χ3v) is 3.63. The third-order valence-electron chi connectivity index (χ3n) is 3.63. The maximum Gasteiger partial charge on any atom is 0.217 e. The molecule has 0 saturated carbocycles. The van der Waals surface area contributed by atoms with E-state index in [4.69, 9.17) is 14.2 Å². The molecule has 0 aromatic heterocycles. The molecule has 4 nitrogen and oxygen atoms in total. The molecule has 2 rings (SSSR count). The number of hydrogen-bond donors (Lipinski definition) is 0. The minimum absolute atomic E-state index is 0.162. The van der Waals surface area contributed by atoms with Gasteiger partial charge in [-0.15, -0.1) is 0 Å². The first-order chi connectivity index (χ1) is 10.0. The smallest absolute Gasteiger partial charge is 0.217 e. The summed E-state index contributed by atoms with van der Waals surface area (Å²) in [6.45, 7) is 6.95. The van der Waals surface area contributed by atoms with Gasteiger partial charge in [-0.25, -0.2) is 4.99 Å². The van der Waals surface area contributed by atoms with Gasteiger partial charge in [0.25, 0.3) is 0 Å². The standard InChI is InChI=1S/C17H25NO3/c1-6-7-8-12-13(16-18-17(2,3)11-21-16)9-10-14(19-4)15(12)20-5/h9-10H,6-8,11H2,1-5H3. The Morgan fingerprint density at radius 2 is 2.00 bits per heavy atom. The number of unbranched alkanes of at least 4 members (excludes halogenated alkanes) is 1. The van der Waals surface area contributed by atoms with Crippen LogP contribution in [0.1, 0.15) is 44.7 Å². The van der Waals surface area contributed by atoms with Crippen LogP contribution in [0.2, 0.25) is 0 Å². The SMILES string of the molecule is CCCCc1c(C2=NC(C)(C)CO2)ccc(OC)c1OC. The van der Waals surface area contributed by atoms with Gasteiger partial charge in [-0.05, 0) is 38.8 Å². The highest BCUT2D eigenvalue weighted by Crippen LogP contribution is 2.36. The monoisotopic (exact) mass is 291 g/mol. The van der Waals surface area contributed by atoms with Gasteiger partial charge >= 0.3 is 0 Å². The first kappa shape index (κ1) is 15.7. The van der Waals surface area contributed by atoms with E-state index in [1.54, 1.807) is 14.2 Å². The van der Waals surface area contributed by atoms with Crippen LogP contribution < -0.4 is 9.47 Å². The normalized spacial score (nSPS) is 16.3. The van der Waals surface area contributed by atoms with Gasteiger partial charge in [-0.3, -0.25) is 0 Å². The maximum atomic E-state index is 5.80. The number of nitrogens with zero attached hydrogens (tertiary/aromatic N) is 1. The molecule has 1 aliphatic rings. The van der Waals surface area contributed by atoms with Crippen molar-refractivity contribution in [1.29, 1.82) is 0 Å². The first-order valence-corrected chi connectivity index (χ1v) is 7.49. The summed E-state index contributed by atoms with van der Waals surface area (Å²) < 4.78 is 16.8. The van der Waals surface area contributed by atoms with E-state index in [1.807, 2.05) is 12.1 Å². The molecule has 0 fully saturated rings. The Kier molecular flexibility index (Phi) is 4.76. The fourth-order valence-electron chi connectivity index (χ4n) is 2.52. The summed E-state index contributed by atoms with van der Waals surface area (Å²) >= 11 is 0. The Labute approximate surface area is 127 Å². The fourth-order valence-corrected chi connectivity index (χ4v) is 2.52. The molecular formula is C17H25NO3. The van der Waals surface area contributed by atoms with Gasteiger partial charge < -0.3 is 14.2 Å². The number of rotatable bonds is 6. The highest BCUT2D eigenvalue weighted by atomic mass is 16.5. The van der Waals surface area contributed by atoms with Crippen molar-refractivity contribution in [3.8, 4) is 11.5 Å². The second-order valence-corrected chi connectivity index (χ2v) is 5.95. The van der Waals surface area contributed by atoms with Gasteiger partial charge in [0.15, 0.2) is 11.5 Å². The van der Waals surface area contributed by atoms with Crippen molar-refractivity contribution in [2.24, 2.45) is 4.99 Å². The lowest BCUT2D eigenvalue weighted by atomic mass is 9.99. The molecule has 21 heavy (non-hydrogen) atoms. The highest BCUT2D eigenvalue weighted by Gasteiger charge is 2.29. The van der Waals surface area contributed by atoms with Crippen LogP contribution in [0.15, 0.2) is 17.1 Å². The lowest BCUT2D eigenvalue weighted by molar-refractivity contribution is 0.279. The summed E-state index contributed by atoms with van der Waals surface area (Å²) in [6, 6.07) is 3.94. The van der Waals surface area contributed by atoms with E-state index in [1.165, 1.54) is 0 Å². The van der Waals surface area contributed by atoms with E-state index < -0.39 is 0 Å². The summed E-state index contributed by atoms with van der Waals surface area (Å²) in [6.07, 6.45) is 3.14. The van der Waals surface area contributed by atoms with Crippen LogP contribution in [0.4, 0.5) is 0 Å². The van der Waals surface area contributed by atoms with Crippen molar-refractivity contribution >= 4 is 5.90 Å². The number of benzene rings is 1. The average molecular weight is 291 g/mol. The van der Waals surface area contributed by atoms with Gasteiger partial charge in [0.1, 0.15) is 6.61 Å². The summed E-state index contributed by atoms with van der Waals surface area (Å²) in [5.74, 6) is 2.26. The highest BCUT2D eigenvalue weighted by molar-refractivity contribution is 5.98. The second kappa shape index (κ2) is 6.37. The minimum Gasteiger partial charge on any atom is -0.493 e. The van der Waals surface area contributed by atoms with Crippen molar-refractivity contribution in [2.75, 3.05) is 20.8 Å². The summed E-state index contributed by atoms with van der Waals surface area (Å²) in [7, 11) is 3.34. The average Bonchev–Trinajstić information content (AvgIpc) is 2.83. The molecule has 116 valence electrons. The zero-order valence-electron chi connectivity index (χ0n) is 13.7. The lowest BCUT2D eigenvalue weighted by Gasteiger charge is -2.16. The molecule has 1 aromatic rings. The number of methoxy groups -OCH3 is 2. The van der Waals surface area contributed by atoms with Gasteiger partial charge in [0.05, 0.1) is 19.8 Å². The molecule has 1 aromatic carbocycles. The van der Waals surface area contributed by atoms with Crippen LogP contribution in [-0.2, 0) is 11.2 Å². The second-order valence-electron chi connectivity index (χ2n) is 5.95. The van der Waals surface area contributed by atoms with E-state index in [9.17, 15) is 0 Å². The lowest BCUT2D eigenvalue weighted by Crippen LogP contribution is -2.17. The molecule has 0 bridgehead atoms. The van der Waals surface area contributed by atoms with Crippen LogP contribution in [0.3, 0.4) is 0 Å². The van der Waals surface area contributed by atoms with Crippen LogP contribution in [-0.4, -0.2) is 32.3 Å². The number of hydrogen-bond acceptors (Lipinski definition) is 4. The molecule has 0 aliphatic carbocycles. The fraction of sp³-hybridized carbons (Fsp3) is 0.588. The quantitative estimate of drug-likeness (QED) is 0.804. The largest absolute Gasteiger partial charge is 0.493 e. The van der Waals surface area contributed by atoms with Crippen molar-refractivity contribution in [3.05, 3.63) is 23.3 Å². The number of ether oxygens (including phenoxy) is 3. The van der Waals surface area contributed by atoms with Crippen molar-refractivity contribution in [3.63, 3.8) is 0 Å². The minimum atomic E-state index is -0.162. The first-order valence-electron chi connectivity index (χ1n) is 7.49. The Morgan fingerprint density at radius 3 is 2.52 bits per heavy atom. The Bertz CT molecular complexity index is 535. The molecule has 1 aliphatic heterocycles. The topological polar surface area (TPSA) is 40.0 Å². The van der Waals surface area contributed by atoms with Crippen molar-refractivity contribution < 1.29 is 14.2 Å². The molecule has 0 N–H and O–H groups in total. The molecular weight excluding hydrogens is 266 g/mol. The van der Waals surface area contributed by atoms with Crippen LogP contribution in [0.25, 0.3) is 0 Å². The van der Waals surface area contributed by atoms with Gasteiger partial charge in [-0.1, -0.05) is 13.3 Å². The van der Waals surface area contributed by atoms with Crippen LogP contribution in [0, 0.1) is 0 Å². The van der Waals surface area contributed by atoms with E-state index >= 15 is 0 Å². The van der Waals surface area contributed by atoms with Crippen molar-refractivity contribution in [2.45, 2.75) is 45.6 Å². The van der Waals surface area contributed by atoms with Crippen molar-refractivity contribution in [1.82, 2.24) is 0 Å². The predicted octanol–water partition coefficient (Wildman–Crippen LogP) is 3.60. The summed E-state index contributed by atoms with van der Waals surface area (Å²) in [5, 5.41) is 0. The third kappa shape index (κ3) is 3.31. The van der Waals surface area contributed by atoms with Crippen LogP contribution >= 0.6 is 0 Å². The number of aliphatic imine (C=N–C) groups is 1. The Balaban J connectivity index is 2.49. The molecule has 0 radical (unpaired) electrons. The Hall–Kier alpha value is -1.71. The van der Waals surface area contributed by atoms with Gasteiger partial charge in [-0.2, -0.15) is 0 Å². The molecule has 0 spiro atoms. The van der Waals surface area contributed by atoms with Gasteiger partial charge in [0.2, 0.25) is 5.90 Å². The molecule has 0 unspecified atom stereocenters. The summed E-state index contributed by atoms with van der Waals surface area (Å²) in [5.41, 5.74) is 1.98. The van der Waals surface area contributed by atoms with E-state index in [-0.39, 0.29) is 5.54 Å². The predicted molar refractivity (Wildman–Crippen MR) is 84.7 cm³/mol. The Morgan fingerprint density at radius 1 is 1.24 bits per heavy atom. The van der Waals surface area contributed by atoms with Crippen LogP contribution in [0.5, 0.6) is 11.5 Å². The zero-order valence-corrected chi connectivity index (χ0v) is 13.7. The molecule has 0 saturated heterocycles. The molecule has 1 heterocycles. The maximum absolute atomic E-state index is 5.80. The van der Waals surface area contributed by atoms with E-state index in [2.05, 4.69) is 25.8 Å². The van der Waals surface area contributed by atoms with E-state index in [0.29, 0.717) is 12.5 Å². The van der Waals surface area contributed by atoms with E-state index in [0.717, 1.165) is 41.9 Å². The molecule has 0 amide bonds.